The summed E-state index contributed by atoms with van der Waals surface area (Å²) in [5, 5.41) is 3.55. The molecular formula is C17H30N2O2. The SMILES string of the molecule is CCNC(CCCOCC)Cc1ncc(C)c(OC)c1C. The fourth-order valence-corrected chi connectivity index (χ4v) is 2.65. The van der Waals surface area contributed by atoms with Gasteiger partial charge in [0.25, 0.3) is 0 Å². The lowest BCUT2D eigenvalue weighted by atomic mass is 10.0. The van der Waals surface area contributed by atoms with Crippen LogP contribution in [-0.2, 0) is 11.2 Å². The van der Waals surface area contributed by atoms with Gasteiger partial charge in [0.15, 0.2) is 0 Å². The average molecular weight is 294 g/mol. The molecule has 0 aliphatic carbocycles. The fraction of sp³-hybridized carbons (Fsp3) is 0.706. The van der Waals surface area contributed by atoms with Crippen LogP contribution in [0, 0.1) is 13.8 Å². The van der Waals surface area contributed by atoms with Crippen molar-refractivity contribution in [3.8, 4) is 5.75 Å². The molecule has 1 aromatic rings. The smallest absolute Gasteiger partial charge is 0.128 e. The maximum atomic E-state index is 5.49. The quantitative estimate of drug-likeness (QED) is 0.674. The van der Waals surface area contributed by atoms with Gasteiger partial charge in [-0.3, -0.25) is 4.98 Å². The standard InChI is InChI=1S/C17H30N2O2/c1-6-18-15(9-8-10-21-7-2)11-16-14(4)17(20-5)13(3)12-19-16/h12,15,18H,6-11H2,1-5H3. The van der Waals surface area contributed by atoms with Crippen LogP contribution >= 0.6 is 0 Å². The maximum absolute atomic E-state index is 5.49. The topological polar surface area (TPSA) is 43.4 Å². The molecule has 120 valence electrons. The van der Waals surface area contributed by atoms with E-state index in [4.69, 9.17) is 9.47 Å². The number of nitrogens with zero attached hydrogens (tertiary/aromatic N) is 1. The summed E-state index contributed by atoms with van der Waals surface area (Å²) in [5.41, 5.74) is 3.38. The minimum absolute atomic E-state index is 0.439. The van der Waals surface area contributed by atoms with E-state index < -0.39 is 0 Å². The van der Waals surface area contributed by atoms with E-state index in [1.165, 1.54) is 0 Å². The van der Waals surface area contributed by atoms with Gasteiger partial charge in [-0.05, 0) is 40.2 Å². The molecule has 0 bridgehead atoms. The first-order chi connectivity index (χ1) is 10.1. The van der Waals surface area contributed by atoms with E-state index in [-0.39, 0.29) is 0 Å². The first kappa shape index (κ1) is 17.9. The Balaban J connectivity index is 2.70. The predicted molar refractivity (Wildman–Crippen MR) is 87.2 cm³/mol. The van der Waals surface area contributed by atoms with Gasteiger partial charge in [0, 0.05) is 48.7 Å². The molecule has 0 saturated carbocycles. The summed E-state index contributed by atoms with van der Waals surface area (Å²) in [6, 6.07) is 0.439. The van der Waals surface area contributed by atoms with Crippen molar-refractivity contribution in [2.24, 2.45) is 0 Å². The second-order valence-corrected chi connectivity index (χ2v) is 5.34. The molecule has 0 radical (unpaired) electrons. The van der Waals surface area contributed by atoms with Gasteiger partial charge in [-0.2, -0.15) is 0 Å². The van der Waals surface area contributed by atoms with Crippen LogP contribution in [0.2, 0.25) is 0 Å². The lowest BCUT2D eigenvalue weighted by molar-refractivity contribution is 0.140. The monoisotopic (exact) mass is 294 g/mol. The summed E-state index contributed by atoms with van der Waals surface area (Å²) < 4.78 is 10.9. The number of rotatable bonds is 10. The Morgan fingerprint density at radius 1 is 1.29 bits per heavy atom. The Morgan fingerprint density at radius 2 is 2.05 bits per heavy atom. The van der Waals surface area contributed by atoms with E-state index >= 15 is 0 Å². The molecule has 1 N–H and O–H groups in total. The van der Waals surface area contributed by atoms with Gasteiger partial charge < -0.3 is 14.8 Å². The highest BCUT2D eigenvalue weighted by Crippen LogP contribution is 2.25. The van der Waals surface area contributed by atoms with Crippen LogP contribution in [-0.4, -0.2) is 37.9 Å². The second-order valence-electron chi connectivity index (χ2n) is 5.34. The van der Waals surface area contributed by atoms with Crippen molar-refractivity contribution >= 4 is 0 Å². The van der Waals surface area contributed by atoms with E-state index in [1.807, 2.05) is 20.0 Å². The zero-order chi connectivity index (χ0) is 15.7. The molecule has 1 aromatic heterocycles. The van der Waals surface area contributed by atoms with Crippen molar-refractivity contribution in [3.63, 3.8) is 0 Å². The van der Waals surface area contributed by atoms with Gasteiger partial charge in [-0.1, -0.05) is 6.92 Å². The molecule has 1 atom stereocenters. The predicted octanol–water partition coefficient (Wildman–Crippen LogP) is 3.04. The summed E-state index contributed by atoms with van der Waals surface area (Å²) >= 11 is 0. The third-order valence-corrected chi connectivity index (χ3v) is 3.73. The molecule has 1 heterocycles. The summed E-state index contributed by atoms with van der Waals surface area (Å²) in [5.74, 6) is 0.963. The zero-order valence-electron chi connectivity index (χ0n) is 14.2. The molecule has 4 nitrogen and oxygen atoms in total. The highest BCUT2D eigenvalue weighted by Gasteiger charge is 2.14. The highest BCUT2D eigenvalue weighted by molar-refractivity contribution is 5.41. The molecule has 0 aliphatic rings. The number of hydrogen-bond acceptors (Lipinski definition) is 4. The van der Waals surface area contributed by atoms with Gasteiger partial charge in [0.1, 0.15) is 5.75 Å². The van der Waals surface area contributed by atoms with Crippen LogP contribution in [0.1, 0.15) is 43.5 Å². The van der Waals surface area contributed by atoms with Crippen molar-refractivity contribution in [1.29, 1.82) is 0 Å². The van der Waals surface area contributed by atoms with Crippen LogP contribution in [0.25, 0.3) is 0 Å². The van der Waals surface area contributed by atoms with E-state index in [2.05, 4.69) is 24.1 Å². The largest absolute Gasteiger partial charge is 0.496 e. The van der Waals surface area contributed by atoms with Crippen LogP contribution in [0.3, 0.4) is 0 Å². The van der Waals surface area contributed by atoms with Crippen LogP contribution in [0.15, 0.2) is 6.20 Å². The van der Waals surface area contributed by atoms with Crippen molar-refractivity contribution in [2.45, 2.75) is 53.0 Å². The fourth-order valence-electron chi connectivity index (χ4n) is 2.65. The molecule has 4 heteroatoms. The van der Waals surface area contributed by atoms with Crippen molar-refractivity contribution < 1.29 is 9.47 Å². The Labute approximate surface area is 129 Å². The molecule has 21 heavy (non-hydrogen) atoms. The lowest BCUT2D eigenvalue weighted by Crippen LogP contribution is -2.32. The molecule has 0 spiro atoms. The maximum Gasteiger partial charge on any atom is 0.128 e. The van der Waals surface area contributed by atoms with Gasteiger partial charge in [0.05, 0.1) is 7.11 Å². The molecule has 0 saturated heterocycles. The first-order valence-electron chi connectivity index (χ1n) is 7.94. The Kier molecular flexibility index (Phi) is 8.31. The molecule has 0 amide bonds. The van der Waals surface area contributed by atoms with Crippen molar-refractivity contribution in [3.05, 3.63) is 23.0 Å². The minimum atomic E-state index is 0.439. The Hall–Kier alpha value is -1.13. The van der Waals surface area contributed by atoms with Gasteiger partial charge in [-0.25, -0.2) is 0 Å². The van der Waals surface area contributed by atoms with Crippen LogP contribution in [0.4, 0.5) is 0 Å². The summed E-state index contributed by atoms with van der Waals surface area (Å²) in [6.45, 7) is 10.9. The molecule has 0 aliphatic heterocycles. The molecule has 0 fully saturated rings. The van der Waals surface area contributed by atoms with Gasteiger partial charge in [0.2, 0.25) is 0 Å². The van der Waals surface area contributed by atoms with Crippen molar-refractivity contribution in [1.82, 2.24) is 10.3 Å². The van der Waals surface area contributed by atoms with E-state index in [0.717, 1.165) is 61.6 Å². The number of likely N-dealkylation sites (N-methyl/N-ethyl adjacent to an activating group) is 1. The molecule has 1 unspecified atom stereocenters. The second kappa shape index (κ2) is 9.74. The van der Waals surface area contributed by atoms with Crippen molar-refractivity contribution in [2.75, 3.05) is 26.9 Å². The summed E-state index contributed by atoms with van der Waals surface area (Å²) in [6.07, 6.45) is 5.02. The van der Waals surface area contributed by atoms with Crippen LogP contribution in [0.5, 0.6) is 5.75 Å². The molecule has 0 aromatic carbocycles. The zero-order valence-corrected chi connectivity index (χ0v) is 14.2. The van der Waals surface area contributed by atoms with E-state index in [0.29, 0.717) is 6.04 Å². The number of methoxy groups -OCH3 is 1. The Bertz CT molecular complexity index is 421. The Morgan fingerprint density at radius 3 is 2.67 bits per heavy atom. The van der Waals surface area contributed by atoms with E-state index in [1.54, 1.807) is 7.11 Å². The first-order valence-corrected chi connectivity index (χ1v) is 7.94. The van der Waals surface area contributed by atoms with Gasteiger partial charge in [-0.15, -0.1) is 0 Å². The third-order valence-electron chi connectivity index (χ3n) is 3.73. The third kappa shape index (κ3) is 5.64. The normalized spacial score (nSPS) is 12.4. The number of ether oxygens (including phenoxy) is 2. The minimum Gasteiger partial charge on any atom is -0.496 e. The molecular weight excluding hydrogens is 264 g/mol. The number of nitrogens with one attached hydrogen (secondary N) is 1. The number of pyridine rings is 1. The summed E-state index contributed by atoms with van der Waals surface area (Å²) in [4.78, 5) is 4.60. The highest BCUT2D eigenvalue weighted by atomic mass is 16.5. The molecule has 1 rings (SSSR count). The summed E-state index contributed by atoms with van der Waals surface area (Å²) in [7, 11) is 1.73. The average Bonchev–Trinajstić information content (AvgIpc) is 2.47. The number of aryl methyl sites for hydroxylation is 1. The van der Waals surface area contributed by atoms with Crippen LogP contribution < -0.4 is 10.1 Å². The van der Waals surface area contributed by atoms with E-state index in [9.17, 15) is 0 Å². The van der Waals surface area contributed by atoms with Gasteiger partial charge >= 0.3 is 0 Å². The number of hydrogen-bond donors (Lipinski definition) is 1. The number of aromatic nitrogens is 1. The lowest BCUT2D eigenvalue weighted by Gasteiger charge is -2.20.